The van der Waals surface area contributed by atoms with Crippen molar-refractivity contribution in [3.05, 3.63) is 35.9 Å². The number of hydrogen-bond donors (Lipinski definition) is 1. The molecule has 0 aliphatic rings. The number of carbonyl (C=O) groups is 2. The SMILES string of the molecule is CC(C)[C@@H](C#N)CC(=O)NC(=O)c1ccccc1. The van der Waals surface area contributed by atoms with E-state index in [1.165, 1.54) is 0 Å². The molecule has 18 heavy (non-hydrogen) atoms. The number of amides is 2. The first-order chi connectivity index (χ1) is 8.54. The Hall–Kier alpha value is -2.15. The Morgan fingerprint density at radius 3 is 2.39 bits per heavy atom. The normalized spacial score (nSPS) is 11.7. The molecule has 4 heteroatoms. The minimum Gasteiger partial charge on any atom is -0.292 e. The standard InChI is InChI=1S/C14H16N2O2/c1-10(2)12(9-15)8-13(17)16-14(18)11-6-4-3-5-7-11/h3-7,10,12H,8H2,1-2H3,(H,16,17,18)/t12-/m1/s1. The number of carbonyl (C=O) groups excluding carboxylic acids is 2. The van der Waals surface area contributed by atoms with Crippen LogP contribution in [0.2, 0.25) is 0 Å². The lowest BCUT2D eigenvalue weighted by molar-refractivity contribution is -0.120. The molecule has 1 atom stereocenters. The zero-order valence-electron chi connectivity index (χ0n) is 10.5. The molecule has 1 aromatic carbocycles. The minimum absolute atomic E-state index is 0.0484. The molecule has 0 heterocycles. The summed E-state index contributed by atoms with van der Waals surface area (Å²) < 4.78 is 0. The number of rotatable bonds is 4. The monoisotopic (exact) mass is 244 g/mol. The van der Waals surface area contributed by atoms with Crippen LogP contribution in [0.3, 0.4) is 0 Å². The summed E-state index contributed by atoms with van der Waals surface area (Å²) in [4.78, 5) is 23.3. The van der Waals surface area contributed by atoms with Crippen molar-refractivity contribution in [2.45, 2.75) is 20.3 Å². The van der Waals surface area contributed by atoms with Gasteiger partial charge in [-0.2, -0.15) is 5.26 Å². The Morgan fingerprint density at radius 2 is 1.89 bits per heavy atom. The number of hydrogen-bond acceptors (Lipinski definition) is 3. The Balaban J connectivity index is 2.56. The molecule has 94 valence electrons. The fraction of sp³-hybridized carbons (Fsp3) is 0.357. The Kier molecular flexibility index (Phi) is 5.06. The van der Waals surface area contributed by atoms with Crippen molar-refractivity contribution >= 4 is 11.8 Å². The highest BCUT2D eigenvalue weighted by Gasteiger charge is 2.18. The van der Waals surface area contributed by atoms with E-state index in [2.05, 4.69) is 11.4 Å². The topological polar surface area (TPSA) is 70.0 Å². The number of imide groups is 1. The van der Waals surface area contributed by atoms with Gasteiger partial charge in [-0.15, -0.1) is 0 Å². The number of nitrogens with zero attached hydrogens (tertiary/aromatic N) is 1. The Bertz CT molecular complexity index is 460. The maximum atomic E-state index is 11.7. The van der Waals surface area contributed by atoms with Gasteiger partial charge >= 0.3 is 0 Å². The largest absolute Gasteiger partial charge is 0.292 e. The van der Waals surface area contributed by atoms with Crippen LogP contribution >= 0.6 is 0 Å². The van der Waals surface area contributed by atoms with Gasteiger partial charge in [0.25, 0.3) is 5.91 Å². The van der Waals surface area contributed by atoms with Gasteiger partial charge in [-0.25, -0.2) is 0 Å². The second kappa shape index (κ2) is 6.55. The number of nitrogens with one attached hydrogen (secondary N) is 1. The zero-order chi connectivity index (χ0) is 13.5. The van der Waals surface area contributed by atoms with E-state index in [-0.39, 0.29) is 18.3 Å². The van der Waals surface area contributed by atoms with Gasteiger partial charge in [0.15, 0.2) is 0 Å². The fourth-order valence-electron chi connectivity index (χ4n) is 1.47. The molecular formula is C14H16N2O2. The Morgan fingerprint density at radius 1 is 1.28 bits per heavy atom. The van der Waals surface area contributed by atoms with Gasteiger partial charge in [-0.3, -0.25) is 14.9 Å². The lowest BCUT2D eigenvalue weighted by Crippen LogP contribution is -2.32. The molecular weight excluding hydrogens is 228 g/mol. The van der Waals surface area contributed by atoms with E-state index >= 15 is 0 Å². The smallest absolute Gasteiger partial charge is 0.257 e. The molecule has 0 spiro atoms. The van der Waals surface area contributed by atoms with Crippen LogP contribution in [-0.2, 0) is 4.79 Å². The molecule has 0 saturated heterocycles. The molecule has 1 rings (SSSR count). The molecule has 1 aromatic rings. The summed E-state index contributed by atoms with van der Waals surface area (Å²) in [5.74, 6) is -1.12. The van der Waals surface area contributed by atoms with Crippen molar-refractivity contribution in [1.29, 1.82) is 5.26 Å². The summed E-state index contributed by atoms with van der Waals surface area (Å²) in [5.41, 5.74) is 0.434. The minimum atomic E-state index is -0.430. The van der Waals surface area contributed by atoms with Gasteiger partial charge < -0.3 is 0 Å². The maximum absolute atomic E-state index is 11.7. The number of nitriles is 1. The molecule has 0 aliphatic carbocycles. The van der Waals surface area contributed by atoms with E-state index in [1.54, 1.807) is 30.3 Å². The average Bonchev–Trinajstić information content (AvgIpc) is 2.36. The summed E-state index contributed by atoms with van der Waals surface area (Å²) in [5, 5.41) is 11.2. The van der Waals surface area contributed by atoms with Gasteiger partial charge in [-0.05, 0) is 18.1 Å². The lowest BCUT2D eigenvalue weighted by Gasteiger charge is -2.12. The molecule has 0 aliphatic heterocycles. The van der Waals surface area contributed by atoms with Crippen molar-refractivity contribution in [2.75, 3.05) is 0 Å². The molecule has 2 amide bonds. The third-order valence-corrected chi connectivity index (χ3v) is 2.66. The first-order valence-corrected chi connectivity index (χ1v) is 5.83. The predicted octanol–water partition coefficient (Wildman–Crippen LogP) is 2.13. The van der Waals surface area contributed by atoms with E-state index in [0.717, 1.165) is 0 Å². The molecule has 0 unspecified atom stereocenters. The maximum Gasteiger partial charge on any atom is 0.257 e. The molecule has 0 aromatic heterocycles. The van der Waals surface area contributed by atoms with Crippen LogP contribution in [0, 0.1) is 23.2 Å². The van der Waals surface area contributed by atoms with Crippen LogP contribution in [0.4, 0.5) is 0 Å². The van der Waals surface area contributed by atoms with Gasteiger partial charge in [0, 0.05) is 12.0 Å². The fourth-order valence-corrected chi connectivity index (χ4v) is 1.47. The van der Waals surface area contributed by atoms with E-state index in [4.69, 9.17) is 5.26 Å². The van der Waals surface area contributed by atoms with Crippen LogP contribution in [-0.4, -0.2) is 11.8 Å². The highest BCUT2D eigenvalue weighted by molar-refractivity contribution is 6.04. The van der Waals surface area contributed by atoms with Crippen molar-refractivity contribution in [3.8, 4) is 6.07 Å². The highest BCUT2D eigenvalue weighted by atomic mass is 16.2. The second-order valence-corrected chi connectivity index (χ2v) is 4.43. The van der Waals surface area contributed by atoms with Crippen molar-refractivity contribution in [1.82, 2.24) is 5.32 Å². The first-order valence-electron chi connectivity index (χ1n) is 5.83. The van der Waals surface area contributed by atoms with Gasteiger partial charge in [-0.1, -0.05) is 32.0 Å². The predicted molar refractivity (Wildman–Crippen MR) is 67.5 cm³/mol. The molecule has 1 N–H and O–H groups in total. The van der Waals surface area contributed by atoms with Gasteiger partial charge in [0.05, 0.1) is 12.0 Å². The summed E-state index contributed by atoms with van der Waals surface area (Å²) in [6.07, 6.45) is 0.0484. The van der Waals surface area contributed by atoms with Crippen molar-refractivity contribution < 1.29 is 9.59 Å². The van der Waals surface area contributed by atoms with E-state index in [0.29, 0.717) is 5.56 Å². The van der Waals surface area contributed by atoms with Crippen LogP contribution < -0.4 is 5.32 Å². The second-order valence-electron chi connectivity index (χ2n) is 4.43. The molecule has 0 bridgehead atoms. The van der Waals surface area contributed by atoms with Crippen LogP contribution in [0.5, 0.6) is 0 Å². The van der Waals surface area contributed by atoms with Gasteiger partial charge in [0.1, 0.15) is 0 Å². The van der Waals surface area contributed by atoms with Crippen LogP contribution in [0.1, 0.15) is 30.6 Å². The summed E-state index contributed by atoms with van der Waals surface area (Å²) in [7, 11) is 0. The van der Waals surface area contributed by atoms with Crippen molar-refractivity contribution in [3.63, 3.8) is 0 Å². The lowest BCUT2D eigenvalue weighted by atomic mass is 9.94. The number of benzene rings is 1. The third-order valence-electron chi connectivity index (χ3n) is 2.66. The molecule has 0 saturated carbocycles. The molecule has 0 fully saturated rings. The molecule has 0 radical (unpaired) electrons. The third kappa shape index (κ3) is 4.02. The molecule has 4 nitrogen and oxygen atoms in total. The van der Waals surface area contributed by atoms with Gasteiger partial charge in [0.2, 0.25) is 5.91 Å². The quantitative estimate of drug-likeness (QED) is 0.882. The highest BCUT2D eigenvalue weighted by Crippen LogP contribution is 2.13. The summed E-state index contributed by atoms with van der Waals surface area (Å²) >= 11 is 0. The van der Waals surface area contributed by atoms with Crippen LogP contribution in [0.25, 0.3) is 0 Å². The van der Waals surface area contributed by atoms with E-state index in [1.807, 2.05) is 13.8 Å². The van der Waals surface area contributed by atoms with Crippen molar-refractivity contribution in [2.24, 2.45) is 11.8 Å². The Labute approximate surface area is 107 Å². The van der Waals surface area contributed by atoms with E-state index < -0.39 is 11.8 Å². The average molecular weight is 244 g/mol. The zero-order valence-corrected chi connectivity index (χ0v) is 10.5. The summed E-state index contributed by atoms with van der Waals surface area (Å²) in [6.45, 7) is 3.75. The van der Waals surface area contributed by atoms with Crippen LogP contribution in [0.15, 0.2) is 30.3 Å². The first kappa shape index (κ1) is 13.9. The summed E-state index contributed by atoms with van der Waals surface area (Å²) in [6, 6.07) is 10.6. The van der Waals surface area contributed by atoms with E-state index in [9.17, 15) is 9.59 Å².